The number of thiocarbonyl (C=S) groups is 2. The summed E-state index contributed by atoms with van der Waals surface area (Å²) in [6.45, 7) is 0. The monoisotopic (exact) mass is 247 g/mol. The average molecular weight is 247 g/mol. The quantitative estimate of drug-likeness (QED) is 0.413. The van der Waals surface area contributed by atoms with Crippen molar-refractivity contribution in [2.24, 2.45) is 10.2 Å². The first-order valence-electron chi connectivity index (χ1n) is 3.94. The normalized spacial score (nSPS) is 10.3. The fraction of sp³-hybridized carbons (Fsp3) is 0.429. The molecule has 0 aliphatic rings. The van der Waals surface area contributed by atoms with Crippen molar-refractivity contribution in [1.82, 2.24) is 15.8 Å². The molecule has 0 saturated heterocycles. The number of nitrogens with zero attached hydrogens (tertiary/aromatic N) is 3. The predicted octanol–water partition coefficient (Wildman–Crippen LogP) is -0.0850. The maximum atomic E-state index is 4.92. The Morgan fingerprint density at radius 1 is 1.20 bits per heavy atom. The van der Waals surface area contributed by atoms with Gasteiger partial charge in [-0.15, -0.1) is 0 Å². The highest BCUT2D eigenvalue weighted by Crippen LogP contribution is 1.76. The van der Waals surface area contributed by atoms with Crippen molar-refractivity contribution in [2.75, 3.05) is 21.2 Å². The molecule has 0 aromatic rings. The third-order valence-electron chi connectivity index (χ3n) is 1.12. The number of nitrogens with one attached hydrogen (secondary N) is 2. The molecule has 0 aliphatic carbocycles. The molecule has 0 fully saturated rings. The molecule has 0 bridgehead atoms. The van der Waals surface area contributed by atoms with Gasteiger partial charge in [-0.2, -0.15) is 10.2 Å². The highest BCUT2D eigenvalue weighted by atomic mass is 32.1. The Bertz CT molecular complexity index is 277. The fourth-order valence-electron chi connectivity index (χ4n) is 0.395. The Hall–Kier alpha value is -1.28. The summed E-state index contributed by atoms with van der Waals surface area (Å²) in [6.07, 6.45) is 2.84. The van der Waals surface area contributed by atoms with Gasteiger partial charge in [0.25, 0.3) is 5.17 Å². The van der Waals surface area contributed by atoms with Gasteiger partial charge >= 0.3 is 0 Å². The molecule has 0 aromatic carbocycles. The molecule has 0 unspecified atom stereocenters. The van der Waals surface area contributed by atoms with Crippen LogP contribution in [0.15, 0.2) is 10.2 Å². The second-order valence-corrected chi connectivity index (χ2v) is 3.23. The van der Waals surface area contributed by atoms with Crippen LogP contribution in [0.3, 0.4) is 0 Å². The van der Waals surface area contributed by atoms with Gasteiger partial charge in [-0.1, -0.05) is 0 Å². The molecule has 0 heterocycles. The van der Waals surface area contributed by atoms with Crippen molar-refractivity contribution in [3.05, 3.63) is 0 Å². The SMILES string of the molecule is COC(=S)N/N=C/C=N/NC(=S)N(C)C. The van der Waals surface area contributed by atoms with Crippen LogP contribution >= 0.6 is 24.4 Å². The number of hydrazone groups is 2. The third-order valence-corrected chi connectivity index (χ3v) is 1.84. The van der Waals surface area contributed by atoms with Gasteiger partial charge in [-0.25, -0.2) is 5.43 Å². The number of hydrogen-bond donors (Lipinski definition) is 2. The minimum Gasteiger partial charge on any atom is -0.473 e. The lowest BCUT2D eigenvalue weighted by Crippen LogP contribution is -2.30. The Morgan fingerprint density at radius 2 is 1.73 bits per heavy atom. The zero-order valence-corrected chi connectivity index (χ0v) is 10.4. The summed E-state index contributed by atoms with van der Waals surface area (Å²) in [4.78, 5) is 1.72. The second-order valence-electron chi connectivity index (χ2n) is 2.47. The van der Waals surface area contributed by atoms with Gasteiger partial charge in [0.2, 0.25) is 0 Å². The molecule has 0 radical (unpaired) electrons. The summed E-state index contributed by atoms with van der Waals surface area (Å²) in [5.74, 6) is 0. The van der Waals surface area contributed by atoms with Crippen molar-refractivity contribution in [3.63, 3.8) is 0 Å². The maximum Gasteiger partial charge on any atom is 0.277 e. The van der Waals surface area contributed by atoms with Crippen LogP contribution in [-0.2, 0) is 4.74 Å². The van der Waals surface area contributed by atoms with Crippen LogP contribution in [-0.4, -0.2) is 48.8 Å². The van der Waals surface area contributed by atoms with Crippen LogP contribution in [0.5, 0.6) is 0 Å². The highest BCUT2D eigenvalue weighted by molar-refractivity contribution is 7.80. The zero-order valence-electron chi connectivity index (χ0n) is 8.72. The lowest BCUT2D eigenvalue weighted by Gasteiger charge is -2.11. The van der Waals surface area contributed by atoms with Crippen molar-refractivity contribution in [3.8, 4) is 0 Å². The Balaban J connectivity index is 3.71. The van der Waals surface area contributed by atoms with Crippen molar-refractivity contribution in [1.29, 1.82) is 0 Å². The molecular weight excluding hydrogens is 234 g/mol. The van der Waals surface area contributed by atoms with E-state index in [1.807, 2.05) is 14.1 Å². The standard InChI is InChI=1S/C7H13N5OS2/c1-12(2)6(14)10-8-4-5-9-11-7(15)13-3/h4-5H,1-3H3,(H,10,14)(H,11,15)/b8-4+,9-5+. The third kappa shape index (κ3) is 7.77. The van der Waals surface area contributed by atoms with Crippen LogP contribution in [0.2, 0.25) is 0 Å². The van der Waals surface area contributed by atoms with Gasteiger partial charge in [0.15, 0.2) is 5.11 Å². The molecule has 15 heavy (non-hydrogen) atoms. The Labute approximate surface area is 99.4 Å². The summed E-state index contributed by atoms with van der Waals surface area (Å²) in [5.41, 5.74) is 5.09. The van der Waals surface area contributed by atoms with Crippen LogP contribution in [0.25, 0.3) is 0 Å². The number of methoxy groups -OCH3 is 1. The largest absolute Gasteiger partial charge is 0.473 e. The smallest absolute Gasteiger partial charge is 0.277 e. The van der Waals surface area contributed by atoms with Crippen molar-refractivity contribution in [2.45, 2.75) is 0 Å². The van der Waals surface area contributed by atoms with Crippen molar-refractivity contribution >= 4 is 47.2 Å². The van der Waals surface area contributed by atoms with E-state index in [1.165, 1.54) is 19.5 Å². The summed E-state index contributed by atoms with van der Waals surface area (Å²) in [7, 11) is 5.09. The van der Waals surface area contributed by atoms with E-state index < -0.39 is 0 Å². The first-order valence-corrected chi connectivity index (χ1v) is 4.75. The number of rotatable bonds is 3. The van der Waals surface area contributed by atoms with Crippen LogP contribution in [0, 0.1) is 0 Å². The molecule has 0 atom stereocenters. The summed E-state index contributed by atoms with van der Waals surface area (Å²) < 4.78 is 4.65. The first-order chi connectivity index (χ1) is 7.07. The molecule has 0 rings (SSSR count). The molecule has 0 saturated carbocycles. The molecule has 0 amide bonds. The highest BCUT2D eigenvalue weighted by Gasteiger charge is 1.92. The minimum atomic E-state index is 0.191. The first kappa shape index (κ1) is 13.7. The molecule has 0 spiro atoms. The van der Waals surface area contributed by atoms with Gasteiger partial charge in [-0.05, 0) is 24.4 Å². The van der Waals surface area contributed by atoms with Gasteiger partial charge in [0, 0.05) is 14.1 Å². The van der Waals surface area contributed by atoms with Crippen LogP contribution in [0.1, 0.15) is 0 Å². The lowest BCUT2D eigenvalue weighted by atomic mass is 10.8. The van der Waals surface area contributed by atoms with E-state index in [4.69, 9.17) is 12.2 Å². The molecule has 2 N–H and O–H groups in total. The van der Waals surface area contributed by atoms with E-state index >= 15 is 0 Å². The van der Waals surface area contributed by atoms with Gasteiger partial charge in [-0.3, -0.25) is 5.43 Å². The molecule has 8 heteroatoms. The van der Waals surface area contributed by atoms with E-state index in [1.54, 1.807) is 4.90 Å². The fourth-order valence-corrected chi connectivity index (χ4v) is 0.500. The van der Waals surface area contributed by atoms with Crippen LogP contribution in [0.4, 0.5) is 0 Å². The summed E-state index contributed by atoms with van der Waals surface area (Å²) >= 11 is 9.59. The predicted molar refractivity (Wildman–Crippen MR) is 69.1 cm³/mol. The minimum absolute atomic E-state index is 0.191. The van der Waals surface area contributed by atoms with Crippen LogP contribution < -0.4 is 10.9 Å². The van der Waals surface area contributed by atoms with E-state index in [2.05, 4.69) is 38.0 Å². The molecule has 84 valence electrons. The van der Waals surface area contributed by atoms with Crippen molar-refractivity contribution < 1.29 is 4.74 Å². The Kier molecular flexibility index (Phi) is 7.38. The van der Waals surface area contributed by atoms with Gasteiger partial charge in [0.05, 0.1) is 19.5 Å². The maximum absolute atomic E-state index is 4.92. The molecule has 0 aromatic heterocycles. The van der Waals surface area contributed by atoms with E-state index in [-0.39, 0.29) is 5.17 Å². The summed E-state index contributed by atoms with van der Waals surface area (Å²) in [5, 5.41) is 8.19. The molecule has 6 nitrogen and oxygen atoms in total. The topological polar surface area (TPSA) is 61.2 Å². The lowest BCUT2D eigenvalue weighted by molar-refractivity contribution is 0.395. The van der Waals surface area contributed by atoms with E-state index in [0.717, 1.165) is 0 Å². The number of ether oxygens (including phenoxy) is 1. The van der Waals surface area contributed by atoms with Gasteiger partial charge < -0.3 is 9.64 Å². The Morgan fingerprint density at radius 3 is 2.20 bits per heavy atom. The molecule has 0 aliphatic heterocycles. The second kappa shape index (κ2) is 8.06. The summed E-state index contributed by atoms with van der Waals surface area (Å²) in [6, 6.07) is 0. The number of hydrogen-bond acceptors (Lipinski definition) is 5. The van der Waals surface area contributed by atoms with Gasteiger partial charge in [0.1, 0.15) is 0 Å². The molecular formula is C7H13N5OS2. The van der Waals surface area contributed by atoms with E-state index in [0.29, 0.717) is 5.11 Å². The average Bonchev–Trinajstić information content (AvgIpc) is 2.22. The van der Waals surface area contributed by atoms with E-state index in [9.17, 15) is 0 Å². The zero-order chi connectivity index (χ0) is 11.7.